The number of aryl methyl sites for hydroxylation is 1. The molecule has 8 nitrogen and oxygen atoms in total. The summed E-state index contributed by atoms with van der Waals surface area (Å²) >= 11 is 0. The lowest BCUT2D eigenvalue weighted by atomic mass is 10.3. The normalized spacial score (nSPS) is 15.0. The number of carbonyl (C=O) groups excluding carboxylic acids is 1. The third-order valence-electron chi connectivity index (χ3n) is 4.22. The number of hydrogen-bond acceptors (Lipinski definition) is 5. The Kier molecular flexibility index (Phi) is 7.42. The predicted octanol–water partition coefficient (Wildman–Crippen LogP) is -0.281. The minimum absolute atomic E-state index is 0. The molecule has 1 fully saturated rings. The molecule has 3 heterocycles. The van der Waals surface area contributed by atoms with Crippen molar-refractivity contribution in [2.45, 2.75) is 19.4 Å². The number of rotatable bonds is 7. The van der Waals surface area contributed by atoms with E-state index in [1.165, 1.54) is 9.08 Å². The zero-order chi connectivity index (χ0) is 16.8. The lowest BCUT2D eigenvalue weighted by Gasteiger charge is -2.27. The van der Waals surface area contributed by atoms with Gasteiger partial charge in [-0.05, 0) is 25.1 Å². The van der Waals surface area contributed by atoms with Gasteiger partial charge in [0.15, 0.2) is 5.65 Å². The van der Waals surface area contributed by atoms with E-state index >= 15 is 0 Å². The van der Waals surface area contributed by atoms with Gasteiger partial charge in [0, 0.05) is 45.3 Å². The van der Waals surface area contributed by atoms with E-state index in [9.17, 15) is 9.59 Å². The van der Waals surface area contributed by atoms with Crippen LogP contribution in [0, 0.1) is 0 Å². The number of piperazine rings is 1. The molecule has 2 N–H and O–H groups in total. The standard InChI is InChI=1S/C16H24N6O2.ClH/c23-15(18-6-3-9-20-12-7-17-8-13-20)5-11-22-16(24)21-10-2-1-4-14(21)19-22;/h1-2,4,10,17H,3,5-9,11-13H2,(H,18,23);1H. The maximum Gasteiger partial charge on any atom is 0.350 e. The zero-order valence-corrected chi connectivity index (χ0v) is 15.0. The van der Waals surface area contributed by atoms with Crippen LogP contribution in [0.3, 0.4) is 0 Å². The Balaban J connectivity index is 0.00000225. The van der Waals surface area contributed by atoms with Gasteiger partial charge in [0.1, 0.15) is 0 Å². The molecule has 3 rings (SSSR count). The molecule has 25 heavy (non-hydrogen) atoms. The molecule has 2 aromatic rings. The number of halogens is 1. The minimum atomic E-state index is -0.211. The fourth-order valence-electron chi connectivity index (χ4n) is 2.87. The summed E-state index contributed by atoms with van der Waals surface area (Å²) in [7, 11) is 0. The van der Waals surface area contributed by atoms with E-state index in [1.54, 1.807) is 18.3 Å². The van der Waals surface area contributed by atoms with Gasteiger partial charge < -0.3 is 15.5 Å². The van der Waals surface area contributed by atoms with Crippen LogP contribution < -0.4 is 16.3 Å². The van der Waals surface area contributed by atoms with E-state index < -0.39 is 0 Å². The van der Waals surface area contributed by atoms with Crippen molar-refractivity contribution in [1.82, 2.24) is 29.7 Å². The van der Waals surface area contributed by atoms with Crippen LogP contribution in [-0.2, 0) is 11.3 Å². The fraction of sp³-hybridized carbons (Fsp3) is 0.562. The van der Waals surface area contributed by atoms with Crippen molar-refractivity contribution < 1.29 is 4.79 Å². The number of nitrogens with one attached hydrogen (secondary N) is 2. The molecule has 0 radical (unpaired) electrons. The molecule has 0 spiro atoms. The van der Waals surface area contributed by atoms with Gasteiger partial charge in [-0.1, -0.05) is 6.07 Å². The summed E-state index contributed by atoms with van der Waals surface area (Å²) in [6, 6.07) is 5.39. The molecule has 1 aliphatic heterocycles. The van der Waals surface area contributed by atoms with Crippen molar-refractivity contribution in [2.75, 3.05) is 39.3 Å². The average molecular weight is 369 g/mol. The van der Waals surface area contributed by atoms with Crippen LogP contribution in [0.1, 0.15) is 12.8 Å². The van der Waals surface area contributed by atoms with E-state index in [2.05, 4.69) is 20.6 Å². The van der Waals surface area contributed by atoms with Crippen molar-refractivity contribution in [1.29, 1.82) is 0 Å². The molecule has 0 bridgehead atoms. The van der Waals surface area contributed by atoms with Crippen LogP contribution in [0.2, 0.25) is 0 Å². The van der Waals surface area contributed by atoms with Gasteiger partial charge in [0.2, 0.25) is 5.91 Å². The van der Waals surface area contributed by atoms with E-state index in [4.69, 9.17) is 0 Å². The first-order chi connectivity index (χ1) is 11.7. The van der Waals surface area contributed by atoms with Gasteiger partial charge >= 0.3 is 5.69 Å². The first-order valence-electron chi connectivity index (χ1n) is 8.48. The second kappa shape index (κ2) is 9.55. The summed E-state index contributed by atoms with van der Waals surface area (Å²) in [5, 5.41) is 10.5. The lowest BCUT2D eigenvalue weighted by Crippen LogP contribution is -2.44. The monoisotopic (exact) mass is 368 g/mol. The Hall–Kier alpha value is -1.90. The number of amides is 1. The molecule has 0 atom stereocenters. The highest BCUT2D eigenvalue weighted by Gasteiger charge is 2.10. The summed E-state index contributed by atoms with van der Waals surface area (Å²) in [5.74, 6) is -0.0423. The number of carbonyl (C=O) groups is 1. The highest BCUT2D eigenvalue weighted by molar-refractivity contribution is 5.85. The number of pyridine rings is 1. The molecule has 9 heteroatoms. The quantitative estimate of drug-likeness (QED) is 0.657. The summed E-state index contributed by atoms with van der Waals surface area (Å²) in [4.78, 5) is 26.4. The van der Waals surface area contributed by atoms with Gasteiger partial charge in [0.05, 0.1) is 6.54 Å². The number of fused-ring (bicyclic) bond motifs is 1. The van der Waals surface area contributed by atoms with Gasteiger partial charge in [-0.25, -0.2) is 9.48 Å². The highest BCUT2D eigenvalue weighted by atomic mass is 35.5. The molecule has 0 aromatic carbocycles. The van der Waals surface area contributed by atoms with E-state index in [-0.39, 0.29) is 30.4 Å². The topological polar surface area (TPSA) is 83.7 Å². The van der Waals surface area contributed by atoms with Gasteiger partial charge in [-0.2, -0.15) is 0 Å². The molecule has 0 saturated carbocycles. The maximum absolute atomic E-state index is 12.1. The predicted molar refractivity (Wildman–Crippen MR) is 98.3 cm³/mol. The maximum atomic E-state index is 12.1. The number of hydrogen-bond donors (Lipinski definition) is 2. The van der Waals surface area contributed by atoms with Crippen LogP contribution in [0.4, 0.5) is 0 Å². The summed E-state index contributed by atoms with van der Waals surface area (Å²) in [6.07, 6.45) is 2.88. The molecule has 2 aromatic heterocycles. The Morgan fingerprint density at radius 2 is 2.04 bits per heavy atom. The van der Waals surface area contributed by atoms with Crippen LogP contribution in [0.15, 0.2) is 29.2 Å². The highest BCUT2D eigenvalue weighted by Crippen LogP contribution is 1.96. The van der Waals surface area contributed by atoms with E-state index in [0.717, 1.165) is 39.1 Å². The van der Waals surface area contributed by atoms with Crippen molar-refractivity contribution in [3.63, 3.8) is 0 Å². The largest absolute Gasteiger partial charge is 0.356 e. The van der Waals surface area contributed by atoms with Crippen LogP contribution >= 0.6 is 12.4 Å². The second-order valence-corrected chi connectivity index (χ2v) is 5.98. The SMILES string of the molecule is Cl.O=C(CCn1nc2ccccn2c1=O)NCCCN1CCNCC1. The van der Waals surface area contributed by atoms with E-state index in [1.807, 2.05) is 6.07 Å². The van der Waals surface area contributed by atoms with Crippen molar-refractivity contribution in [3.05, 3.63) is 34.9 Å². The van der Waals surface area contributed by atoms with E-state index in [0.29, 0.717) is 18.7 Å². The van der Waals surface area contributed by atoms with Crippen molar-refractivity contribution in [2.24, 2.45) is 0 Å². The third-order valence-corrected chi connectivity index (χ3v) is 4.22. The molecule has 1 saturated heterocycles. The van der Waals surface area contributed by atoms with Gasteiger partial charge in [-0.3, -0.25) is 9.20 Å². The molecule has 1 amide bonds. The second-order valence-electron chi connectivity index (χ2n) is 5.98. The Bertz CT molecular complexity index is 738. The summed E-state index contributed by atoms with van der Waals surface area (Å²) < 4.78 is 2.82. The van der Waals surface area contributed by atoms with Crippen LogP contribution in [0.5, 0.6) is 0 Å². The first kappa shape index (κ1) is 19.4. The average Bonchev–Trinajstić information content (AvgIpc) is 2.94. The van der Waals surface area contributed by atoms with Crippen LogP contribution in [0.25, 0.3) is 5.65 Å². The summed E-state index contributed by atoms with van der Waals surface area (Å²) in [5.41, 5.74) is 0.385. The van der Waals surface area contributed by atoms with Gasteiger partial charge in [-0.15, -0.1) is 17.5 Å². The zero-order valence-electron chi connectivity index (χ0n) is 14.2. The number of nitrogens with zero attached hydrogens (tertiary/aromatic N) is 4. The minimum Gasteiger partial charge on any atom is -0.356 e. The Morgan fingerprint density at radius 1 is 1.24 bits per heavy atom. The third kappa shape index (κ3) is 5.29. The smallest absolute Gasteiger partial charge is 0.350 e. The molecular formula is C16H25ClN6O2. The molecular weight excluding hydrogens is 344 g/mol. The molecule has 0 aliphatic carbocycles. The summed E-state index contributed by atoms with van der Waals surface area (Å²) in [6.45, 7) is 6.20. The van der Waals surface area contributed by atoms with Crippen molar-refractivity contribution in [3.8, 4) is 0 Å². The Morgan fingerprint density at radius 3 is 2.80 bits per heavy atom. The van der Waals surface area contributed by atoms with Crippen molar-refractivity contribution >= 4 is 24.0 Å². The molecule has 1 aliphatic rings. The fourth-order valence-corrected chi connectivity index (χ4v) is 2.87. The Labute approximate surface area is 152 Å². The molecule has 0 unspecified atom stereocenters. The van der Waals surface area contributed by atoms with Crippen LogP contribution in [-0.4, -0.2) is 64.3 Å². The molecule has 138 valence electrons. The lowest BCUT2D eigenvalue weighted by molar-refractivity contribution is -0.121. The van der Waals surface area contributed by atoms with Gasteiger partial charge in [0.25, 0.3) is 0 Å². The number of aromatic nitrogens is 3. The first-order valence-corrected chi connectivity index (χ1v) is 8.48.